The number of amidine groups is 1. The molecule has 0 spiro atoms. The zero-order valence-electron chi connectivity index (χ0n) is 14.1. The second kappa shape index (κ2) is 8.56. The molecule has 5 heteroatoms. The monoisotopic (exact) mass is 316 g/mol. The molecule has 126 valence electrons. The third kappa shape index (κ3) is 4.71. The lowest BCUT2D eigenvalue weighted by molar-refractivity contribution is -0.122. The van der Waals surface area contributed by atoms with E-state index in [1.807, 2.05) is 0 Å². The van der Waals surface area contributed by atoms with Crippen molar-refractivity contribution >= 4 is 11.7 Å². The van der Waals surface area contributed by atoms with Gasteiger partial charge >= 0.3 is 0 Å². The summed E-state index contributed by atoms with van der Waals surface area (Å²) in [5.74, 6) is 1.16. The highest BCUT2D eigenvalue weighted by atomic mass is 16.2. The molecule has 1 aliphatic carbocycles. The Balaban J connectivity index is 2.14. The Morgan fingerprint density at radius 1 is 1.43 bits per heavy atom. The first-order chi connectivity index (χ1) is 11.2. The molecule has 0 bridgehead atoms. The first-order valence-corrected chi connectivity index (χ1v) is 8.61. The number of aliphatic imine (C=N–C) groups is 1. The fourth-order valence-corrected chi connectivity index (χ4v) is 3.02. The molecule has 0 aromatic carbocycles. The molecule has 1 fully saturated rings. The number of nitrogens with one attached hydrogen (secondary N) is 1. The Hall–Kier alpha value is -2.04. The van der Waals surface area contributed by atoms with Crippen LogP contribution in [-0.2, 0) is 4.79 Å². The van der Waals surface area contributed by atoms with Gasteiger partial charge in [0.05, 0.1) is 0 Å². The van der Waals surface area contributed by atoms with E-state index in [9.17, 15) is 4.79 Å². The smallest absolute Gasteiger partial charge is 0.252 e. The fourth-order valence-electron chi connectivity index (χ4n) is 3.02. The highest BCUT2D eigenvalue weighted by molar-refractivity contribution is 6.15. The Kier molecular flexibility index (Phi) is 6.44. The SMILES string of the molecule is C=C(/N=C1\C(=C/N)C=CC(=O)N1CCCC)NC1CCCCC1. The minimum absolute atomic E-state index is 0.0479. The zero-order valence-corrected chi connectivity index (χ0v) is 14.1. The van der Waals surface area contributed by atoms with Crippen molar-refractivity contribution in [3.8, 4) is 0 Å². The van der Waals surface area contributed by atoms with Gasteiger partial charge in [0.15, 0.2) is 0 Å². The summed E-state index contributed by atoms with van der Waals surface area (Å²) < 4.78 is 0. The van der Waals surface area contributed by atoms with Gasteiger partial charge in [0.25, 0.3) is 5.91 Å². The third-order valence-electron chi connectivity index (χ3n) is 4.32. The Morgan fingerprint density at radius 2 is 2.17 bits per heavy atom. The minimum Gasteiger partial charge on any atom is -0.404 e. The molecule has 1 heterocycles. The van der Waals surface area contributed by atoms with E-state index >= 15 is 0 Å². The van der Waals surface area contributed by atoms with Crippen LogP contribution in [0.25, 0.3) is 0 Å². The Morgan fingerprint density at radius 3 is 2.83 bits per heavy atom. The van der Waals surface area contributed by atoms with Gasteiger partial charge in [0.1, 0.15) is 11.7 Å². The molecule has 0 atom stereocenters. The second-order valence-electron chi connectivity index (χ2n) is 6.16. The van der Waals surface area contributed by atoms with Crippen molar-refractivity contribution in [2.75, 3.05) is 6.54 Å². The molecule has 2 rings (SSSR count). The first kappa shape index (κ1) is 17.3. The summed E-state index contributed by atoms with van der Waals surface area (Å²) in [7, 11) is 0. The lowest BCUT2D eigenvalue weighted by Crippen LogP contribution is -2.41. The molecular formula is C18H28N4O. The number of rotatable bonds is 6. The molecule has 0 aromatic heterocycles. The predicted octanol–water partition coefficient (Wildman–Crippen LogP) is 2.82. The van der Waals surface area contributed by atoms with Gasteiger partial charge in [-0.3, -0.25) is 9.69 Å². The van der Waals surface area contributed by atoms with Crippen LogP contribution in [0.5, 0.6) is 0 Å². The van der Waals surface area contributed by atoms with Gasteiger partial charge in [-0.25, -0.2) is 4.99 Å². The fraction of sp³-hybridized carbons (Fsp3) is 0.556. The van der Waals surface area contributed by atoms with Crippen LogP contribution in [0, 0.1) is 0 Å². The third-order valence-corrected chi connectivity index (χ3v) is 4.32. The molecule has 0 saturated heterocycles. The molecule has 0 radical (unpaired) electrons. The lowest BCUT2D eigenvalue weighted by atomic mass is 9.96. The van der Waals surface area contributed by atoms with E-state index in [4.69, 9.17) is 5.73 Å². The van der Waals surface area contributed by atoms with Crippen LogP contribution < -0.4 is 11.1 Å². The Bertz CT molecular complexity index is 527. The molecule has 2 aliphatic rings. The van der Waals surface area contributed by atoms with E-state index in [1.165, 1.54) is 25.5 Å². The number of hydrogen-bond donors (Lipinski definition) is 2. The largest absolute Gasteiger partial charge is 0.404 e. The van der Waals surface area contributed by atoms with Gasteiger partial charge in [-0.1, -0.05) is 39.2 Å². The van der Waals surface area contributed by atoms with Crippen LogP contribution in [0.3, 0.4) is 0 Å². The van der Waals surface area contributed by atoms with Crippen molar-refractivity contribution in [2.45, 2.75) is 57.9 Å². The van der Waals surface area contributed by atoms with Crippen molar-refractivity contribution in [3.63, 3.8) is 0 Å². The number of carbonyl (C=O) groups is 1. The number of carbonyl (C=O) groups excluding carboxylic acids is 1. The van der Waals surface area contributed by atoms with Gasteiger partial charge in [0.2, 0.25) is 0 Å². The Labute approximate surface area is 139 Å². The summed E-state index contributed by atoms with van der Waals surface area (Å²) in [5, 5.41) is 3.39. The molecule has 1 saturated carbocycles. The number of nitrogens with two attached hydrogens (primary N) is 1. The van der Waals surface area contributed by atoms with Crippen molar-refractivity contribution in [1.29, 1.82) is 0 Å². The average Bonchev–Trinajstić information content (AvgIpc) is 2.55. The van der Waals surface area contributed by atoms with Gasteiger partial charge in [-0.2, -0.15) is 0 Å². The van der Waals surface area contributed by atoms with Gasteiger partial charge in [-0.05, 0) is 25.3 Å². The summed E-state index contributed by atoms with van der Waals surface area (Å²) in [4.78, 5) is 18.5. The number of unbranched alkanes of at least 4 members (excludes halogenated alkanes) is 1. The van der Waals surface area contributed by atoms with Gasteiger partial charge < -0.3 is 11.1 Å². The number of nitrogens with zero attached hydrogens (tertiary/aromatic N) is 2. The van der Waals surface area contributed by atoms with Gasteiger partial charge in [0, 0.05) is 30.4 Å². The molecule has 0 unspecified atom stereocenters. The van der Waals surface area contributed by atoms with Crippen LogP contribution in [0.1, 0.15) is 51.9 Å². The average molecular weight is 316 g/mol. The van der Waals surface area contributed by atoms with Gasteiger partial charge in [-0.15, -0.1) is 0 Å². The highest BCUT2D eigenvalue weighted by Crippen LogP contribution is 2.19. The van der Waals surface area contributed by atoms with Crippen LogP contribution in [0.4, 0.5) is 0 Å². The predicted molar refractivity (Wildman–Crippen MR) is 94.6 cm³/mol. The van der Waals surface area contributed by atoms with E-state index in [1.54, 1.807) is 17.1 Å². The maximum Gasteiger partial charge on any atom is 0.252 e. The van der Waals surface area contributed by atoms with Crippen molar-refractivity contribution in [1.82, 2.24) is 10.2 Å². The van der Waals surface area contributed by atoms with E-state index in [0.29, 0.717) is 24.2 Å². The first-order valence-electron chi connectivity index (χ1n) is 8.61. The molecular weight excluding hydrogens is 288 g/mol. The summed E-state index contributed by atoms with van der Waals surface area (Å²) in [5.41, 5.74) is 6.46. The summed E-state index contributed by atoms with van der Waals surface area (Å²) in [6.45, 7) is 6.77. The summed E-state index contributed by atoms with van der Waals surface area (Å²) in [6, 6.07) is 0.435. The molecule has 0 aromatic rings. The van der Waals surface area contributed by atoms with E-state index in [-0.39, 0.29) is 5.91 Å². The zero-order chi connectivity index (χ0) is 16.7. The topological polar surface area (TPSA) is 70.7 Å². The van der Waals surface area contributed by atoms with Crippen LogP contribution in [0.2, 0.25) is 0 Å². The molecule has 1 amide bonds. The standard InChI is InChI=1S/C18H28N4O/c1-3-4-12-22-17(23)11-10-15(13-19)18(22)21-14(2)20-16-8-6-5-7-9-16/h10-11,13,16,20H,2-9,12,19H2,1H3/b15-13-,21-18+. The van der Waals surface area contributed by atoms with Crippen LogP contribution >= 0.6 is 0 Å². The maximum absolute atomic E-state index is 12.2. The van der Waals surface area contributed by atoms with Crippen molar-refractivity contribution < 1.29 is 4.79 Å². The maximum atomic E-state index is 12.2. The van der Waals surface area contributed by atoms with E-state index < -0.39 is 0 Å². The molecule has 23 heavy (non-hydrogen) atoms. The van der Waals surface area contributed by atoms with Crippen LogP contribution in [0.15, 0.2) is 41.3 Å². The van der Waals surface area contributed by atoms with Crippen LogP contribution in [-0.4, -0.2) is 29.2 Å². The summed E-state index contributed by atoms with van der Waals surface area (Å²) >= 11 is 0. The highest BCUT2D eigenvalue weighted by Gasteiger charge is 2.24. The lowest BCUT2D eigenvalue weighted by Gasteiger charge is -2.28. The quantitative estimate of drug-likeness (QED) is 0.791. The van der Waals surface area contributed by atoms with Crippen molar-refractivity contribution in [2.24, 2.45) is 10.7 Å². The molecule has 5 nitrogen and oxygen atoms in total. The molecule has 1 aliphatic heterocycles. The number of hydrogen-bond acceptors (Lipinski definition) is 4. The normalized spacial score (nSPS) is 22.8. The number of amides is 1. The van der Waals surface area contributed by atoms with E-state index in [2.05, 4.69) is 23.8 Å². The summed E-state index contributed by atoms with van der Waals surface area (Å²) in [6.07, 6.45) is 12.8. The minimum atomic E-state index is -0.0479. The second-order valence-corrected chi connectivity index (χ2v) is 6.16. The molecule has 3 N–H and O–H groups in total. The van der Waals surface area contributed by atoms with Crippen molar-refractivity contribution in [3.05, 3.63) is 36.3 Å². The van der Waals surface area contributed by atoms with E-state index in [0.717, 1.165) is 31.3 Å².